The molecule has 108 valence electrons. The first-order valence-corrected chi connectivity index (χ1v) is 7.53. The van der Waals surface area contributed by atoms with Crippen LogP contribution < -0.4 is 0 Å². The molecule has 0 radical (unpaired) electrons. The predicted molar refractivity (Wildman–Crippen MR) is 79.7 cm³/mol. The van der Waals surface area contributed by atoms with Crippen LogP contribution in [0, 0.1) is 0 Å². The highest BCUT2D eigenvalue weighted by Crippen LogP contribution is 2.26. The maximum absolute atomic E-state index is 12.5. The molecule has 1 aromatic carbocycles. The van der Waals surface area contributed by atoms with Crippen LogP contribution in [0.5, 0.6) is 0 Å². The standard InChI is InChI=1S/C13H13Br2NO4/c1-20-10-5-11(13(18)19)16(6-10)12(17)7-2-8(14)4-9(15)3-7/h2-4,10-11H,5-6H2,1H3,(H,18,19). The number of rotatable bonds is 3. The van der Waals surface area contributed by atoms with E-state index in [1.54, 1.807) is 12.1 Å². The maximum Gasteiger partial charge on any atom is 0.326 e. The maximum atomic E-state index is 12.5. The van der Waals surface area contributed by atoms with Crippen LogP contribution in [0.4, 0.5) is 0 Å². The summed E-state index contributed by atoms with van der Waals surface area (Å²) < 4.78 is 6.69. The van der Waals surface area contributed by atoms with Gasteiger partial charge in [-0.2, -0.15) is 0 Å². The number of likely N-dealkylation sites (tertiary alicyclic amines) is 1. The third kappa shape index (κ3) is 3.21. The van der Waals surface area contributed by atoms with Crippen LogP contribution in [0.15, 0.2) is 27.1 Å². The van der Waals surface area contributed by atoms with Gasteiger partial charge in [-0.25, -0.2) is 4.79 Å². The summed E-state index contributed by atoms with van der Waals surface area (Å²) in [4.78, 5) is 25.1. The molecule has 5 nitrogen and oxygen atoms in total. The number of methoxy groups -OCH3 is 1. The molecule has 1 heterocycles. The molecule has 1 fully saturated rings. The lowest BCUT2D eigenvalue weighted by atomic mass is 10.1. The third-order valence-electron chi connectivity index (χ3n) is 3.25. The van der Waals surface area contributed by atoms with Crippen molar-refractivity contribution in [1.82, 2.24) is 4.90 Å². The molecule has 1 N–H and O–H groups in total. The molecular formula is C13H13Br2NO4. The molecule has 1 saturated heterocycles. The van der Waals surface area contributed by atoms with Crippen LogP contribution >= 0.6 is 31.9 Å². The van der Waals surface area contributed by atoms with E-state index in [4.69, 9.17) is 4.74 Å². The van der Waals surface area contributed by atoms with E-state index in [1.165, 1.54) is 12.0 Å². The number of benzene rings is 1. The predicted octanol–water partition coefficient (Wildman–Crippen LogP) is 2.53. The number of nitrogens with zero attached hydrogens (tertiary/aromatic N) is 1. The Labute approximate surface area is 133 Å². The smallest absolute Gasteiger partial charge is 0.326 e. The van der Waals surface area contributed by atoms with Gasteiger partial charge < -0.3 is 14.7 Å². The molecule has 2 atom stereocenters. The minimum atomic E-state index is -1.01. The minimum Gasteiger partial charge on any atom is -0.480 e. The van der Waals surface area contributed by atoms with E-state index >= 15 is 0 Å². The van der Waals surface area contributed by atoms with E-state index in [2.05, 4.69) is 31.9 Å². The first-order chi connectivity index (χ1) is 9.42. The Morgan fingerprint density at radius 1 is 1.30 bits per heavy atom. The number of carboxylic acids is 1. The zero-order chi connectivity index (χ0) is 14.9. The van der Waals surface area contributed by atoms with Crippen molar-refractivity contribution in [1.29, 1.82) is 0 Å². The van der Waals surface area contributed by atoms with Crippen molar-refractivity contribution in [2.75, 3.05) is 13.7 Å². The second kappa shape index (κ2) is 6.24. The fraction of sp³-hybridized carbons (Fsp3) is 0.385. The number of ether oxygens (including phenoxy) is 1. The summed E-state index contributed by atoms with van der Waals surface area (Å²) in [6.07, 6.45) is 0.0721. The zero-order valence-corrected chi connectivity index (χ0v) is 13.8. The summed E-state index contributed by atoms with van der Waals surface area (Å²) in [6.45, 7) is 0.288. The van der Waals surface area contributed by atoms with Crippen LogP contribution in [0.25, 0.3) is 0 Å². The molecule has 2 rings (SSSR count). The Balaban J connectivity index is 2.28. The Bertz CT molecular complexity index is 529. The van der Waals surface area contributed by atoms with E-state index in [9.17, 15) is 14.7 Å². The molecule has 1 aromatic rings. The molecule has 1 amide bonds. The van der Waals surface area contributed by atoms with Crippen molar-refractivity contribution < 1.29 is 19.4 Å². The van der Waals surface area contributed by atoms with Crippen LogP contribution in [-0.2, 0) is 9.53 Å². The van der Waals surface area contributed by atoms with Crippen molar-refractivity contribution in [3.8, 4) is 0 Å². The summed E-state index contributed by atoms with van der Waals surface area (Å²) in [7, 11) is 1.52. The van der Waals surface area contributed by atoms with Gasteiger partial charge in [-0.05, 0) is 18.2 Å². The monoisotopic (exact) mass is 405 g/mol. The van der Waals surface area contributed by atoms with Gasteiger partial charge in [0.05, 0.1) is 6.10 Å². The second-order valence-electron chi connectivity index (χ2n) is 4.56. The summed E-state index contributed by atoms with van der Waals surface area (Å²) in [5, 5.41) is 9.23. The zero-order valence-electron chi connectivity index (χ0n) is 10.7. The lowest BCUT2D eigenvalue weighted by Gasteiger charge is -2.21. The number of carbonyl (C=O) groups is 2. The van der Waals surface area contributed by atoms with Crippen molar-refractivity contribution in [3.63, 3.8) is 0 Å². The highest BCUT2D eigenvalue weighted by atomic mass is 79.9. The largest absolute Gasteiger partial charge is 0.480 e. The molecule has 0 spiro atoms. The molecule has 1 aliphatic heterocycles. The Morgan fingerprint density at radius 2 is 1.90 bits per heavy atom. The van der Waals surface area contributed by atoms with Gasteiger partial charge >= 0.3 is 5.97 Å². The Morgan fingerprint density at radius 3 is 2.40 bits per heavy atom. The van der Waals surface area contributed by atoms with Crippen LogP contribution in [-0.4, -0.2) is 47.7 Å². The Kier molecular flexibility index (Phi) is 4.82. The third-order valence-corrected chi connectivity index (χ3v) is 4.17. The van der Waals surface area contributed by atoms with Gasteiger partial charge in [0.25, 0.3) is 5.91 Å². The van der Waals surface area contributed by atoms with Crippen molar-refractivity contribution in [2.45, 2.75) is 18.6 Å². The topological polar surface area (TPSA) is 66.8 Å². The molecule has 7 heteroatoms. The summed E-state index contributed by atoms with van der Waals surface area (Å²) in [5.74, 6) is -1.31. The van der Waals surface area contributed by atoms with E-state index in [0.717, 1.165) is 8.95 Å². The number of carbonyl (C=O) groups excluding carboxylic acids is 1. The molecule has 20 heavy (non-hydrogen) atoms. The van der Waals surface area contributed by atoms with Gasteiger partial charge in [0.1, 0.15) is 6.04 Å². The van der Waals surface area contributed by atoms with Gasteiger partial charge in [-0.3, -0.25) is 4.79 Å². The normalized spacial score (nSPS) is 22.1. The quantitative estimate of drug-likeness (QED) is 0.837. The fourth-order valence-corrected chi connectivity index (χ4v) is 3.56. The molecule has 1 aliphatic rings. The van der Waals surface area contributed by atoms with Crippen LogP contribution in [0.1, 0.15) is 16.8 Å². The number of hydrogen-bond donors (Lipinski definition) is 1. The molecule has 0 saturated carbocycles. The molecule has 0 aliphatic carbocycles. The van der Waals surface area contributed by atoms with Crippen LogP contribution in [0.3, 0.4) is 0 Å². The van der Waals surface area contributed by atoms with E-state index < -0.39 is 12.0 Å². The van der Waals surface area contributed by atoms with Crippen molar-refractivity contribution in [2.24, 2.45) is 0 Å². The SMILES string of the molecule is COC1CC(C(=O)O)N(C(=O)c2cc(Br)cc(Br)c2)C1. The fourth-order valence-electron chi connectivity index (χ4n) is 2.27. The summed E-state index contributed by atoms with van der Waals surface area (Å²) in [5.41, 5.74) is 0.439. The highest BCUT2D eigenvalue weighted by molar-refractivity contribution is 9.11. The lowest BCUT2D eigenvalue weighted by molar-refractivity contribution is -0.141. The minimum absolute atomic E-state index is 0.240. The first-order valence-electron chi connectivity index (χ1n) is 5.95. The Hall–Kier alpha value is -0.920. The summed E-state index contributed by atoms with van der Waals surface area (Å²) in [6, 6.07) is 4.32. The molecule has 0 bridgehead atoms. The first kappa shape index (κ1) is 15.5. The van der Waals surface area contributed by atoms with E-state index in [-0.39, 0.29) is 18.6 Å². The van der Waals surface area contributed by atoms with Gasteiger partial charge in [0, 0.05) is 34.6 Å². The van der Waals surface area contributed by atoms with Gasteiger partial charge in [-0.1, -0.05) is 31.9 Å². The van der Waals surface area contributed by atoms with Crippen molar-refractivity contribution in [3.05, 3.63) is 32.7 Å². The second-order valence-corrected chi connectivity index (χ2v) is 6.39. The van der Waals surface area contributed by atoms with Gasteiger partial charge in [-0.15, -0.1) is 0 Å². The lowest BCUT2D eigenvalue weighted by Crippen LogP contribution is -2.40. The molecule has 2 unspecified atom stereocenters. The van der Waals surface area contributed by atoms with Gasteiger partial charge in [0.15, 0.2) is 0 Å². The highest BCUT2D eigenvalue weighted by Gasteiger charge is 2.40. The average molecular weight is 407 g/mol. The summed E-state index contributed by atoms with van der Waals surface area (Å²) >= 11 is 6.64. The molecular weight excluding hydrogens is 394 g/mol. The number of halogens is 2. The van der Waals surface area contributed by atoms with Crippen LogP contribution in [0.2, 0.25) is 0 Å². The number of hydrogen-bond acceptors (Lipinski definition) is 3. The number of amides is 1. The number of aliphatic carboxylic acids is 1. The van der Waals surface area contributed by atoms with E-state index in [1.807, 2.05) is 6.07 Å². The van der Waals surface area contributed by atoms with E-state index in [0.29, 0.717) is 12.0 Å². The number of carboxylic acid groups (broad SMARTS) is 1. The molecule has 0 aromatic heterocycles. The average Bonchev–Trinajstić information content (AvgIpc) is 2.81. The van der Waals surface area contributed by atoms with Gasteiger partial charge in [0.2, 0.25) is 0 Å². The van der Waals surface area contributed by atoms with Crippen molar-refractivity contribution >= 4 is 43.7 Å².